The van der Waals surface area contributed by atoms with Crippen molar-refractivity contribution in [1.82, 2.24) is 0 Å². The summed E-state index contributed by atoms with van der Waals surface area (Å²) in [4.78, 5) is 15.8. The zero-order chi connectivity index (χ0) is 12.5. The third kappa shape index (κ3) is 2.30. The van der Waals surface area contributed by atoms with E-state index in [-0.39, 0.29) is 23.9 Å². The predicted molar refractivity (Wildman–Crippen MR) is 68.1 cm³/mol. The van der Waals surface area contributed by atoms with E-state index < -0.39 is 0 Å². The van der Waals surface area contributed by atoms with Crippen molar-refractivity contribution in [3.05, 3.63) is 29.8 Å². The number of nitrogens with two attached hydrogens (primary N) is 1. The summed E-state index contributed by atoms with van der Waals surface area (Å²) in [6, 6.07) is 7.88. The van der Waals surface area contributed by atoms with Crippen molar-refractivity contribution in [2.75, 3.05) is 11.9 Å². The van der Waals surface area contributed by atoms with Gasteiger partial charge in [-0.2, -0.15) is 0 Å². The fraction of sp³-hybridized carbons (Fsp3) is 0.385. The fourth-order valence-corrected chi connectivity index (χ4v) is 1.94. The summed E-state index contributed by atoms with van der Waals surface area (Å²) < 4.78 is 5.11. The van der Waals surface area contributed by atoms with Crippen LogP contribution in [0, 0.1) is 5.92 Å². The van der Waals surface area contributed by atoms with Crippen LogP contribution >= 0.6 is 0 Å². The lowest BCUT2D eigenvalue weighted by molar-refractivity contribution is -0.117. The fourth-order valence-electron chi connectivity index (χ4n) is 1.94. The van der Waals surface area contributed by atoms with Crippen LogP contribution in [0.4, 0.5) is 5.69 Å². The average molecular weight is 245 g/mol. The van der Waals surface area contributed by atoms with Crippen LogP contribution in [0.5, 0.6) is 0 Å². The molecular formula is C13H15N3O2. The van der Waals surface area contributed by atoms with Crippen LogP contribution in [0.25, 0.3) is 0 Å². The number of ether oxygens (including phenoxy) is 1. The van der Waals surface area contributed by atoms with Gasteiger partial charge in [-0.15, -0.1) is 0 Å². The van der Waals surface area contributed by atoms with E-state index in [9.17, 15) is 4.79 Å². The van der Waals surface area contributed by atoms with Crippen LogP contribution in [0.1, 0.15) is 24.4 Å². The summed E-state index contributed by atoms with van der Waals surface area (Å²) in [5.41, 5.74) is 7.34. The molecule has 1 saturated carbocycles. The number of amides is 1. The Morgan fingerprint density at radius 1 is 1.33 bits per heavy atom. The Kier molecular flexibility index (Phi) is 2.66. The van der Waals surface area contributed by atoms with E-state index in [2.05, 4.69) is 10.3 Å². The van der Waals surface area contributed by atoms with Gasteiger partial charge in [-0.1, -0.05) is 12.1 Å². The topological polar surface area (TPSA) is 76.7 Å². The molecule has 1 fully saturated rings. The van der Waals surface area contributed by atoms with Gasteiger partial charge >= 0.3 is 0 Å². The van der Waals surface area contributed by atoms with Crippen LogP contribution in [-0.4, -0.2) is 18.5 Å². The Bertz CT molecular complexity index is 491. The first-order valence-electron chi connectivity index (χ1n) is 6.09. The summed E-state index contributed by atoms with van der Waals surface area (Å²) in [6.07, 6.45) is 2.02. The molecule has 1 atom stereocenters. The van der Waals surface area contributed by atoms with Crippen molar-refractivity contribution in [3.63, 3.8) is 0 Å². The molecule has 1 aromatic carbocycles. The highest BCUT2D eigenvalue weighted by atomic mass is 16.5. The smallest absolute Gasteiger partial charge is 0.282 e. The second-order valence-electron chi connectivity index (χ2n) is 4.68. The van der Waals surface area contributed by atoms with E-state index >= 15 is 0 Å². The quantitative estimate of drug-likeness (QED) is 0.845. The van der Waals surface area contributed by atoms with Crippen LogP contribution < -0.4 is 11.1 Å². The number of rotatable bonds is 3. The number of benzene rings is 1. The molecular weight excluding hydrogens is 230 g/mol. The number of nitrogens with zero attached hydrogens (tertiary/aromatic N) is 1. The minimum atomic E-state index is -0.0295. The molecule has 18 heavy (non-hydrogen) atoms. The van der Waals surface area contributed by atoms with E-state index in [1.807, 2.05) is 24.3 Å². The zero-order valence-corrected chi connectivity index (χ0v) is 9.93. The monoisotopic (exact) mass is 245 g/mol. The Morgan fingerprint density at radius 3 is 2.61 bits per heavy atom. The molecule has 1 aliphatic carbocycles. The minimum absolute atomic E-state index is 0.0295. The van der Waals surface area contributed by atoms with Gasteiger partial charge in [0.15, 0.2) is 0 Å². The zero-order valence-electron chi connectivity index (χ0n) is 9.93. The SMILES string of the molecule is NC1=N[C@H](c2ccc(NC(=O)C3CC3)cc2)CO1. The van der Waals surface area contributed by atoms with E-state index in [4.69, 9.17) is 10.5 Å². The van der Waals surface area contributed by atoms with Gasteiger partial charge in [0.25, 0.3) is 6.02 Å². The first kappa shape index (κ1) is 11.1. The number of hydrogen-bond donors (Lipinski definition) is 2. The average Bonchev–Trinajstić information content (AvgIpc) is 3.13. The molecule has 94 valence electrons. The maximum atomic E-state index is 11.6. The minimum Gasteiger partial charge on any atom is -0.463 e. The first-order valence-corrected chi connectivity index (χ1v) is 6.09. The predicted octanol–water partition coefficient (Wildman–Crippen LogP) is 1.42. The molecule has 1 aliphatic heterocycles. The second-order valence-corrected chi connectivity index (χ2v) is 4.68. The van der Waals surface area contributed by atoms with Crippen LogP contribution in [0.3, 0.4) is 0 Å². The van der Waals surface area contributed by atoms with Gasteiger partial charge in [-0.25, -0.2) is 4.99 Å². The number of nitrogens with one attached hydrogen (secondary N) is 1. The van der Waals surface area contributed by atoms with Crippen molar-refractivity contribution >= 4 is 17.6 Å². The Hall–Kier alpha value is -2.04. The van der Waals surface area contributed by atoms with Crippen molar-refractivity contribution in [3.8, 4) is 0 Å². The van der Waals surface area contributed by atoms with Gasteiger partial charge in [-0.3, -0.25) is 4.79 Å². The first-order chi connectivity index (χ1) is 8.72. The summed E-state index contributed by atoms with van der Waals surface area (Å²) in [5.74, 6) is 0.339. The molecule has 2 aliphatic rings. The van der Waals surface area contributed by atoms with Crippen molar-refractivity contribution < 1.29 is 9.53 Å². The lowest BCUT2D eigenvalue weighted by Crippen LogP contribution is -2.13. The number of amidine groups is 1. The number of anilines is 1. The van der Waals surface area contributed by atoms with Gasteiger partial charge in [0.2, 0.25) is 5.91 Å². The molecule has 0 radical (unpaired) electrons. The van der Waals surface area contributed by atoms with Crippen molar-refractivity contribution in [2.45, 2.75) is 18.9 Å². The van der Waals surface area contributed by atoms with Gasteiger partial charge in [-0.05, 0) is 30.5 Å². The molecule has 0 saturated heterocycles. The molecule has 0 spiro atoms. The largest absolute Gasteiger partial charge is 0.463 e. The maximum absolute atomic E-state index is 11.6. The van der Waals surface area contributed by atoms with E-state index in [1.54, 1.807) is 0 Å². The van der Waals surface area contributed by atoms with Crippen molar-refractivity contribution in [1.29, 1.82) is 0 Å². The summed E-state index contributed by atoms with van der Waals surface area (Å²) in [6.45, 7) is 0.486. The lowest BCUT2D eigenvalue weighted by atomic mass is 10.1. The Balaban J connectivity index is 1.67. The normalized spacial score (nSPS) is 22.2. The molecule has 5 heteroatoms. The standard InChI is InChI=1S/C13H15N3O2/c14-13-16-11(7-18-13)8-3-5-10(6-4-8)15-12(17)9-1-2-9/h3-6,9,11H,1-2,7H2,(H2,14,16)(H,15,17)/t11-/m0/s1. The van der Waals surface area contributed by atoms with Crippen molar-refractivity contribution in [2.24, 2.45) is 16.6 Å². The molecule has 5 nitrogen and oxygen atoms in total. The summed E-state index contributed by atoms with van der Waals surface area (Å²) in [5, 5.41) is 2.90. The molecule has 3 rings (SSSR count). The van der Waals surface area contributed by atoms with Crippen LogP contribution in [-0.2, 0) is 9.53 Å². The molecule has 1 heterocycles. The Morgan fingerprint density at radius 2 is 2.06 bits per heavy atom. The highest BCUT2D eigenvalue weighted by Crippen LogP contribution is 2.30. The van der Waals surface area contributed by atoms with Crippen LogP contribution in [0.15, 0.2) is 29.3 Å². The molecule has 0 bridgehead atoms. The van der Waals surface area contributed by atoms with Gasteiger partial charge < -0.3 is 15.8 Å². The molecule has 3 N–H and O–H groups in total. The molecule has 1 amide bonds. The van der Waals surface area contributed by atoms with Gasteiger partial charge in [0.05, 0.1) is 0 Å². The third-order valence-corrected chi connectivity index (χ3v) is 3.18. The van der Waals surface area contributed by atoms with Gasteiger partial charge in [0.1, 0.15) is 12.6 Å². The second kappa shape index (κ2) is 4.33. The number of hydrogen-bond acceptors (Lipinski definition) is 4. The number of aliphatic imine (C=N–C) groups is 1. The lowest BCUT2D eigenvalue weighted by Gasteiger charge is -2.08. The number of carbonyl (C=O) groups is 1. The highest BCUT2D eigenvalue weighted by Gasteiger charge is 2.29. The van der Waals surface area contributed by atoms with E-state index in [1.165, 1.54) is 0 Å². The summed E-state index contributed by atoms with van der Waals surface area (Å²) in [7, 11) is 0. The van der Waals surface area contributed by atoms with E-state index in [0.717, 1.165) is 24.1 Å². The highest BCUT2D eigenvalue weighted by molar-refractivity contribution is 5.94. The Labute approximate surface area is 105 Å². The van der Waals surface area contributed by atoms with Crippen LogP contribution in [0.2, 0.25) is 0 Å². The maximum Gasteiger partial charge on any atom is 0.282 e. The molecule has 0 unspecified atom stereocenters. The summed E-state index contributed by atoms with van der Waals surface area (Å²) >= 11 is 0. The van der Waals surface area contributed by atoms with Gasteiger partial charge in [0, 0.05) is 11.6 Å². The van der Waals surface area contributed by atoms with E-state index in [0.29, 0.717) is 6.61 Å². The molecule has 0 aromatic heterocycles. The third-order valence-electron chi connectivity index (χ3n) is 3.18. The molecule has 1 aromatic rings. The number of carbonyl (C=O) groups excluding carboxylic acids is 1.